The van der Waals surface area contributed by atoms with Crippen LogP contribution in [0.15, 0.2) is 36.4 Å². The zero-order chi connectivity index (χ0) is 32.9. The van der Waals surface area contributed by atoms with E-state index >= 15 is 4.39 Å². The summed E-state index contributed by atoms with van der Waals surface area (Å²) < 4.78 is 81.4. The van der Waals surface area contributed by atoms with Crippen molar-refractivity contribution >= 4 is 45.2 Å². The molecule has 0 aliphatic carbocycles. The van der Waals surface area contributed by atoms with E-state index in [0.717, 1.165) is 24.7 Å². The van der Waals surface area contributed by atoms with Crippen molar-refractivity contribution in [3.05, 3.63) is 46.8 Å². The van der Waals surface area contributed by atoms with Crippen molar-refractivity contribution in [3.63, 3.8) is 0 Å². The molecule has 6 nitrogen and oxygen atoms in total. The molecule has 0 saturated carbocycles. The van der Waals surface area contributed by atoms with Gasteiger partial charge in [-0.25, -0.2) is 4.39 Å². The van der Waals surface area contributed by atoms with Crippen LogP contribution in [0.5, 0.6) is 5.75 Å². The summed E-state index contributed by atoms with van der Waals surface area (Å²) in [6.07, 6.45) is -3.10. The van der Waals surface area contributed by atoms with Gasteiger partial charge in [0, 0.05) is 50.0 Å². The lowest BCUT2D eigenvalue weighted by molar-refractivity contribution is -0.126. The van der Waals surface area contributed by atoms with Crippen LogP contribution < -0.4 is 20.7 Å². The highest BCUT2D eigenvalue weighted by Gasteiger charge is 2.34. The standard InChI is InChI=1S/C34H42F4N3O3PS/c1-4-45(42,5-2)24-11-12-29(31(20-24)43-3)39-16-7-10-32-26(21-34(36,37)38)25-8-6-9-30(33(25)46-32)40-28-13-17-41(22-27(28)35)23-14-18-44-19-15-23/h6,8-9,11-12,20,23,27-28,39-40H,4-5,13-19,21-22H2,1-3H3/t27-,28+/m0/s1. The van der Waals surface area contributed by atoms with E-state index in [9.17, 15) is 17.7 Å². The number of methoxy groups -OCH3 is 1. The van der Waals surface area contributed by atoms with Crippen LogP contribution in [0.4, 0.5) is 28.9 Å². The third-order valence-corrected chi connectivity index (χ3v) is 13.5. The van der Waals surface area contributed by atoms with Crippen LogP contribution in [-0.2, 0) is 15.7 Å². The van der Waals surface area contributed by atoms with Crippen molar-refractivity contribution in [2.45, 2.75) is 64.0 Å². The highest BCUT2D eigenvalue weighted by molar-refractivity contribution is 7.71. The number of hydrogen-bond donors (Lipinski definition) is 2. The van der Waals surface area contributed by atoms with Gasteiger partial charge in [0.2, 0.25) is 0 Å². The molecule has 2 atom stereocenters. The van der Waals surface area contributed by atoms with Crippen LogP contribution in [0.3, 0.4) is 0 Å². The van der Waals surface area contributed by atoms with Crippen LogP contribution in [0, 0.1) is 11.8 Å². The summed E-state index contributed by atoms with van der Waals surface area (Å²) in [6, 6.07) is 10.5. The van der Waals surface area contributed by atoms with Crippen molar-refractivity contribution in [2.24, 2.45) is 0 Å². The molecular weight excluding hydrogens is 637 g/mol. The second kappa shape index (κ2) is 15.0. The number of hydrogen-bond acceptors (Lipinski definition) is 7. The largest absolute Gasteiger partial charge is 0.495 e. The molecule has 5 rings (SSSR count). The van der Waals surface area contributed by atoms with Gasteiger partial charge in [0.25, 0.3) is 0 Å². The maximum atomic E-state index is 15.4. The van der Waals surface area contributed by atoms with E-state index < -0.39 is 32.0 Å². The topological polar surface area (TPSA) is 62.8 Å². The van der Waals surface area contributed by atoms with Gasteiger partial charge in [-0.05, 0) is 54.5 Å². The Bertz CT molecular complexity index is 1600. The average molecular weight is 680 g/mol. The molecular formula is C34H42F4N3O3PS. The Morgan fingerprint density at radius 2 is 1.87 bits per heavy atom. The van der Waals surface area contributed by atoms with E-state index in [4.69, 9.17) is 9.47 Å². The Balaban J connectivity index is 1.34. The van der Waals surface area contributed by atoms with E-state index in [1.54, 1.807) is 30.3 Å². The monoisotopic (exact) mass is 679 g/mol. The van der Waals surface area contributed by atoms with Crippen LogP contribution in [0.1, 0.15) is 43.6 Å². The average Bonchev–Trinajstić information content (AvgIpc) is 3.40. The summed E-state index contributed by atoms with van der Waals surface area (Å²) in [5, 5.41) is 7.74. The molecule has 2 fully saturated rings. The number of thiophene rings is 1. The summed E-state index contributed by atoms with van der Waals surface area (Å²) in [7, 11) is -0.956. The summed E-state index contributed by atoms with van der Waals surface area (Å²) in [6.45, 7) is 6.47. The van der Waals surface area contributed by atoms with Gasteiger partial charge in [0.15, 0.2) is 0 Å². The molecule has 46 heavy (non-hydrogen) atoms. The molecule has 0 spiro atoms. The number of fused-ring (bicyclic) bond motifs is 1. The smallest absolute Gasteiger partial charge is 0.393 e. The molecule has 0 unspecified atom stereocenters. The second-order valence-corrected chi connectivity index (χ2v) is 16.4. The third kappa shape index (κ3) is 8.02. The number of rotatable bonds is 10. The number of alkyl halides is 4. The van der Waals surface area contributed by atoms with Crippen LogP contribution in [0.25, 0.3) is 10.1 Å². The first-order valence-electron chi connectivity index (χ1n) is 15.9. The van der Waals surface area contributed by atoms with E-state index in [2.05, 4.69) is 27.4 Å². The van der Waals surface area contributed by atoms with Crippen molar-refractivity contribution in [3.8, 4) is 17.6 Å². The summed E-state index contributed by atoms with van der Waals surface area (Å²) in [4.78, 5) is 2.54. The lowest BCUT2D eigenvalue weighted by Crippen LogP contribution is -2.52. The zero-order valence-corrected chi connectivity index (χ0v) is 28.2. The number of halogens is 4. The number of nitrogens with zero attached hydrogens (tertiary/aromatic N) is 1. The lowest BCUT2D eigenvalue weighted by atomic mass is 9.98. The fraction of sp³-hybridized carbons (Fsp3) is 0.529. The molecule has 1 aromatic heterocycles. The SMILES string of the molecule is CCP(=O)(CC)c1ccc(NCC#Cc2sc3c(N[C@@H]4CCN(C5CCOCC5)C[C@@H]4F)cccc3c2CC(F)(F)F)c(OC)c1. The number of anilines is 2. The predicted molar refractivity (Wildman–Crippen MR) is 181 cm³/mol. The van der Waals surface area contributed by atoms with Gasteiger partial charge in [-0.2, -0.15) is 13.2 Å². The first kappa shape index (κ1) is 34.6. The minimum absolute atomic E-state index is 0.131. The minimum Gasteiger partial charge on any atom is -0.495 e. The van der Waals surface area contributed by atoms with Crippen molar-refractivity contribution in [1.82, 2.24) is 4.90 Å². The molecule has 0 bridgehead atoms. The first-order valence-corrected chi connectivity index (χ1v) is 18.8. The summed E-state index contributed by atoms with van der Waals surface area (Å²) in [5.74, 6) is 6.48. The Morgan fingerprint density at radius 1 is 1.11 bits per heavy atom. The maximum absolute atomic E-state index is 15.4. The van der Waals surface area contributed by atoms with Gasteiger partial charge in [-0.3, -0.25) is 4.90 Å². The van der Waals surface area contributed by atoms with Crippen LogP contribution in [-0.4, -0.2) is 81.6 Å². The summed E-state index contributed by atoms with van der Waals surface area (Å²) >= 11 is 1.20. The van der Waals surface area contributed by atoms with Gasteiger partial charge in [0.05, 0.1) is 47.1 Å². The number of benzene rings is 2. The van der Waals surface area contributed by atoms with E-state index in [1.807, 2.05) is 19.9 Å². The Morgan fingerprint density at radius 3 is 2.54 bits per heavy atom. The van der Waals surface area contributed by atoms with Crippen molar-refractivity contribution < 1.29 is 31.6 Å². The lowest BCUT2D eigenvalue weighted by Gasteiger charge is -2.41. The Kier molecular flexibility index (Phi) is 11.3. The minimum atomic E-state index is -4.42. The number of nitrogens with one attached hydrogen (secondary N) is 2. The van der Waals surface area contributed by atoms with E-state index in [1.165, 1.54) is 18.4 Å². The molecule has 2 saturated heterocycles. The molecule has 3 heterocycles. The molecule has 2 aromatic carbocycles. The molecule has 12 heteroatoms. The van der Waals surface area contributed by atoms with E-state index in [-0.39, 0.29) is 12.1 Å². The summed E-state index contributed by atoms with van der Waals surface area (Å²) in [5.41, 5.74) is 1.42. The van der Waals surface area contributed by atoms with Crippen molar-refractivity contribution in [1.29, 1.82) is 0 Å². The van der Waals surface area contributed by atoms with Gasteiger partial charge in [-0.1, -0.05) is 37.8 Å². The zero-order valence-electron chi connectivity index (χ0n) is 26.5. The fourth-order valence-electron chi connectivity index (χ4n) is 6.37. The Hall–Kier alpha value is -2.77. The van der Waals surface area contributed by atoms with Gasteiger partial charge < -0.3 is 24.7 Å². The predicted octanol–water partition coefficient (Wildman–Crippen LogP) is 7.51. The van der Waals surface area contributed by atoms with Gasteiger partial charge in [0.1, 0.15) is 19.1 Å². The van der Waals surface area contributed by atoms with Crippen LogP contribution >= 0.6 is 18.5 Å². The maximum Gasteiger partial charge on any atom is 0.393 e. The first-order chi connectivity index (χ1) is 22.0. The molecule has 2 N–H and O–H groups in total. The molecule has 3 aromatic rings. The molecule has 0 amide bonds. The third-order valence-electron chi connectivity index (χ3n) is 9.06. The molecule has 0 radical (unpaired) electrons. The molecule has 2 aliphatic heterocycles. The van der Waals surface area contributed by atoms with Crippen molar-refractivity contribution in [2.75, 3.05) is 62.9 Å². The number of ether oxygens (including phenoxy) is 2. The van der Waals surface area contributed by atoms with E-state index in [0.29, 0.717) is 76.6 Å². The Labute approximate surface area is 272 Å². The highest BCUT2D eigenvalue weighted by atomic mass is 32.1. The number of likely N-dealkylation sites (tertiary alicyclic amines) is 1. The quantitative estimate of drug-likeness (QED) is 0.132. The molecule has 2 aliphatic rings. The highest BCUT2D eigenvalue weighted by Crippen LogP contribution is 2.45. The second-order valence-electron chi connectivity index (χ2n) is 11.8. The van der Waals surface area contributed by atoms with Gasteiger partial charge in [-0.15, -0.1) is 11.3 Å². The van der Waals surface area contributed by atoms with Crippen LogP contribution in [0.2, 0.25) is 0 Å². The number of piperidine rings is 1. The van der Waals surface area contributed by atoms with Gasteiger partial charge >= 0.3 is 6.18 Å². The normalized spacial score (nSPS) is 19.9. The fourth-order valence-corrected chi connectivity index (χ4v) is 9.41. The molecule has 250 valence electrons.